The zero-order valence-corrected chi connectivity index (χ0v) is 13.5. The molecule has 3 rings (SSSR count). The Balaban J connectivity index is 1.57. The number of thiophene rings is 1. The van der Waals surface area contributed by atoms with Crippen LogP contribution in [0.4, 0.5) is 0 Å². The van der Waals surface area contributed by atoms with Crippen molar-refractivity contribution in [1.82, 2.24) is 10.1 Å². The van der Waals surface area contributed by atoms with Crippen molar-refractivity contribution in [2.24, 2.45) is 0 Å². The van der Waals surface area contributed by atoms with Crippen LogP contribution in [0.5, 0.6) is 0 Å². The fourth-order valence-electron chi connectivity index (χ4n) is 2.07. The maximum Gasteiger partial charge on any atom is 0.310 e. The third kappa shape index (κ3) is 4.04. The molecule has 0 aliphatic rings. The van der Waals surface area contributed by atoms with E-state index in [0.29, 0.717) is 11.7 Å². The molecule has 6 heteroatoms. The number of ether oxygens (including phenoxy) is 1. The molecule has 0 saturated carbocycles. The fourth-order valence-corrected chi connectivity index (χ4v) is 2.74. The van der Waals surface area contributed by atoms with Crippen LogP contribution in [0.2, 0.25) is 0 Å². The summed E-state index contributed by atoms with van der Waals surface area (Å²) in [6, 6.07) is 9.88. The number of carbonyl (C=O) groups excluding carboxylic acids is 1. The van der Waals surface area contributed by atoms with Gasteiger partial charge in [-0.1, -0.05) is 36.3 Å². The minimum absolute atomic E-state index is 0.0109. The molecule has 5 nitrogen and oxygen atoms in total. The van der Waals surface area contributed by atoms with Gasteiger partial charge in [0.1, 0.15) is 0 Å². The summed E-state index contributed by atoms with van der Waals surface area (Å²) < 4.78 is 10.3. The summed E-state index contributed by atoms with van der Waals surface area (Å²) in [6.07, 6.45) is 1.24. The van der Waals surface area contributed by atoms with Crippen molar-refractivity contribution >= 4 is 17.3 Å². The van der Waals surface area contributed by atoms with Crippen molar-refractivity contribution in [1.29, 1.82) is 0 Å². The van der Waals surface area contributed by atoms with E-state index in [2.05, 4.69) is 17.1 Å². The molecule has 0 radical (unpaired) electrons. The fraction of sp³-hybridized carbons (Fsp3) is 0.235. The molecule has 0 bridgehead atoms. The lowest BCUT2D eigenvalue weighted by atomic mass is 10.1. The van der Waals surface area contributed by atoms with E-state index < -0.39 is 0 Å². The van der Waals surface area contributed by atoms with E-state index in [1.165, 1.54) is 5.56 Å². The van der Waals surface area contributed by atoms with Gasteiger partial charge >= 0.3 is 5.97 Å². The molecule has 2 aromatic heterocycles. The van der Waals surface area contributed by atoms with E-state index in [1.807, 2.05) is 41.1 Å². The van der Waals surface area contributed by atoms with E-state index in [9.17, 15) is 4.79 Å². The van der Waals surface area contributed by atoms with Crippen molar-refractivity contribution in [2.45, 2.75) is 26.4 Å². The molecule has 0 fully saturated rings. The van der Waals surface area contributed by atoms with E-state index in [0.717, 1.165) is 17.5 Å². The summed E-state index contributed by atoms with van der Waals surface area (Å²) in [7, 11) is 0. The monoisotopic (exact) mass is 328 g/mol. The number of benzene rings is 1. The SMILES string of the molecule is CCc1ccc(-c2noc(COC(=O)Cc3ccsc3)n2)cc1. The number of esters is 1. The van der Waals surface area contributed by atoms with Crippen LogP contribution in [0.3, 0.4) is 0 Å². The van der Waals surface area contributed by atoms with Gasteiger partial charge in [-0.25, -0.2) is 0 Å². The molecule has 2 heterocycles. The second kappa shape index (κ2) is 7.19. The number of rotatable bonds is 6. The van der Waals surface area contributed by atoms with E-state index >= 15 is 0 Å². The van der Waals surface area contributed by atoms with Gasteiger partial charge in [-0.15, -0.1) is 0 Å². The summed E-state index contributed by atoms with van der Waals surface area (Å²) in [5.74, 6) is 0.477. The van der Waals surface area contributed by atoms with Gasteiger partial charge in [0.05, 0.1) is 6.42 Å². The highest BCUT2D eigenvalue weighted by Crippen LogP contribution is 2.17. The van der Waals surface area contributed by atoms with Gasteiger partial charge in [-0.05, 0) is 34.4 Å². The zero-order valence-electron chi connectivity index (χ0n) is 12.7. The van der Waals surface area contributed by atoms with Crippen LogP contribution in [-0.2, 0) is 29.0 Å². The normalized spacial score (nSPS) is 10.7. The topological polar surface area (TPSA) is 65.2 Å². The van der Waals surface area contributed by atoms with Gasteiger partial charge in [0.25, 0.3) is 5.89 Å². The average Bonchev–Trinajstić information content (AvgIpc) is 3.25. The first-order valence-corrected chi connectivity index (χ1v) is 8.27. The highest BCUT2D eigenvalue weighted by atomic mass is 32.1. The summed E-state index contributed by atoms with van der Waals surface area (Å²) >= 11 is 1.55. The van der Waals surface area contributed by atoms with Crippen molar-refractivity contribution in [3.63, 3.8) is 0 Å². The highest BCUT2D eigenvalue weighted by molar-refractivity contribution is 7.07. The van der Waals surface area contributed by atoms with Crippen LogP contribution in [0.1, 0.15) is 23.9 Å². The largest absolute Gasteiger partial charge is 0.455 e. The number of hydrogen-bond acceptors (Lipinski definition) is 6. The Bertz CT molecular complexity index is 764. The Hall–Kier alpha value is -2.47. The third-order valence-electron chi connectivity index (χ3n) is 3.37. The molecule has 3 aromatic rings. The molecule has 0 spiro atoms. The average molecular weight is 328 g/mol. The Morgan fingerprint density at radius 3 is 2.74 bits per heavy atom. The Morgan fingerprint density at radius 1 is 1.22 bits per heavy atom. The Kier molecular flexibility index (Phi) is 4.83. The lowest BCUT2D eigenvalue weighted by molar-refractivity contribution is -0.144. The smallest absolute Gasteiger partial charge is 0.310 e. The van der Waals surface area contributed by atoms with E-state index in [1.54, 1.807) is 11.3 Å². The molecule has 0 amide bonds. The summed E-state index contributed by atoms with van der Waals surface area (Å²) in [5.41, 5.74) is 3.07. The lowest BCUT2D eigenvalue weighted by Crippen LogP contribution is -2.07. The standard InChI is InChI=1S/C17H16N2O3S/c1-2-12-3-5-14(6-4-12)17-18-15(22-19-17)10-21-16(20)9-13-7-8-23-11-13/h3-8,11H,2,9-10H2,1H3. The molecule has 0 unspecified atom stereocenters. The second-order valence-electron chi connectivity index (χ2n) is 5.03. The molecular formula is C17H16N2O3S. The van der Waals surface area contributed by atoms with Crippen molar-refractivity contribution < 1.29 is 14.1 Å². The predicted molar refractivity (Wildman–Crippen MR) is 86.9 cm³/mol. The number of carbonyl (C=O) groups is 1. The van der Waals surface area contributed by atoms with Crippen molar-refractivity contribution in [3.05, 3.63) is 58.1 Å². The van der Waals surface area contributed by atoms with Crippen LogP contribution >= 0.6 is 11.3 Å². The van der Waals surface area contributed by atoms with Crippen LogP contribution in [0.15, 0.2) is 45.6 Å². The van der Waals surface area contributed by atoms with E-state index in [4.69, 9.17) is 9.26 Å². The number of aromatic nitrogens is 2. The van der Waals surface area contributed by atoms with Crippen LogP contribution in [0, 0.1) is 0 Å². The molecule has 1 aromatic carbocycles. The first-order valence-electron chi connectivity index (χ1n) is 7.33. The van der Waals surface area contributed by atoms with Gasteiger partial charge in [0.15, 0.2) is 6.61 Å². The summed E-state index contributed by atoms with van der Waals surface area (Å²) in [4.78, 5) is 16.0. The van der Waals surface area contributed by atoms with Gasteiger partial charge in [0, 0.05) is 5.56 Å². The van der Waals surface area contributed by atoms with Crippen LogP contribution < -0.4 is 0 Å². The van der Waals surface area contributed by atoms with E-state index in [-0.39, 0.29) is 19.0 Å². The minimum Gasteiger partial charge on any atom is -0.455 e. The molecular weight excluding hydrogens is 312 g/mol. The molecule has 23 heavy (non-hydrogen) atoms. The lowest BCUT2D eigenvalue weighted by Gasteiger charge is -2.00. The first kappa shape index (κ1) is 15.4. The van der Waals surface area contributed by atoms with Crippen LogP contribution in [-0.4, -0.2) is 16.1 Å². The molecule has 0 atom stereocenters. The van der Waals surface area contributed by atoms with Crippen LogP contribution in [0.25, 0.3) is 11.4 Å². The maximum atomic E-state index is 11.7. The number of hydrogen-bond donors (Lipinski definition) is 0. The summed E-state index contributed by atoms with van der Waals surface area (Å²) in [6.45, 7) is 2.09. The number of aryl methyl sites for hydroxylation is 1. The quantitative estimate of drug-likeness (QED) is 0.646. The molecule has 0 aliphatic carbocycles. The summed E-state index contributed by atoms with van der Waals surface area (Å²) in [5, 5.41) is 7.77. The van der Waals surface area contributed by atoms with Gasteiger partial charge < -0.3 is 9.26 Å². The minimum atomic E-state index is -0.310. The number of nitrogens with zero attached hydrogens (tertiary/aromatic N) is 2. The first-order chi connectivity index (χ1) is 11.2. The molecule has 118 valence electrons. The maximum absolute atomic E-state index is 11.7. The highest BCUT2D eigenvalue weighted by Gasteiger charge is 2.11. The van der Waals surface area contributed by atoms with Gasteiger partial charge in [-0.3, -0.25) is 4.79 Å². The Labute approximate surface area is 137 Å². The molecule has 0 N–H and O–H groups in total. The second-order valence-corrected chi connectivity index (χ2v) is 5.81. The molecule has 0 saturated heterocycles. The van der Waals surface area contributed by atoms with Crippen molar-refractivity contribution in [2.75, 3.05) is 0 Å². The van der Waals surface area contributed by atoms with Gasteiger partial charge in [-0.2, -0.15) is 16.3 Å². The van der Waals surface area contributed by atoms with Crippen molar-refractivity contribution in [3.8, 4) is 11.4 Å². The zero-order chi connectivity index (χ0) is 16.1. The molecule has 0 aliphatic heterocycles. The Morgan fingerprint density at radius 2 is 2.04 bits per heavy atom. The predicted octanol–water partition coefficient (Wildman–Crippen LogP) is 3.65. The third-order valence-corrected chi connectivity index (χ3v) is 4.11. The van der Waals surface area contributed by atoms with Gasteiger partial charge in [0.2, 0.25) is 5.82 Å².